The van der Waals surface area contributed by atoms with Crippen molar-refractivity contribution < 1.29 is 18.8 Å². The van der Waals surface area contributed by atoms with E-state index in [2.05, 4.69) is 5.32 Å². The van der Waals surface area contributed by atoms with Gasteiger partial charge in [0.25, 0.3) is 6.43 Å². The minimum atomic E-state index is -2.85. The summed E-state index contributed by atoms with van der Waals surface area (Å²) in [5.41, 5.74) is -1.17. The average Bonchev–Trinajstić information content (AvgIpc) is 2.49. The molecule has 0 amide bonds. The number of phenols is 1. The summed E-state index contributed by atoms with van der Waals surface area (Å²) in [7, 11) is 0. The molecular formula is C13H14F2N4O3. The van der Waals surface area contributed by atoms with E-state index in [0.29, 0.717) is 26.2 Å². The van der Waals surface area contributed by atoms with E-state index in [9.17, 15) is 24.0 Å². The topological polar surface area (TPSA) is 102 Å². The van der Waals surface area contributed by atoms with Crippen LogP contribution in [0, 0.1) is 21.4 Å². The van der Waals surface area contributed by atoms with Crippen LogP contribution in [0.5, 0.6) is 5.75 Å². The van der Waals surface area contributed by atoms with E-state index in [4.69, 9.17) is 5.26 Å². The molecular weight excluding hydrogens is 298 g/mol. The Hall–Kier alpha value is -2.31. The normalized spacial score (nSPS) is 17.2. The summed E-state index contributed by atoms with van der Waals surface area (Å²) in [5, 5.41) is 32.9. The van der Waals surface area contributed by atoms with Crippen molar-refractivity contribution in [2.24, 2.45) is 0 Å². The number of aromatic hydroxyl groups is 1. The number of alkyl halides is 2. The van der Waals surface area contributed by atoms with Crippen molar-refractivity contribution in [1.82, 2.24) is 10.2 Å². The van der Waals surface area contributed by atoms with Crippen LogP contribution in [0.25, 0.3) is 0 Å². The molecule has 0 bridgehead atoms. The fourth-order valence-electron chi connectivity index (χ4n) is 2.52. The van der Waals surface area contributed by atoms with Crippen molar-refractivity contribution in [3.05, 3.63) is 33.4 Å². The maximum absolute atomic E-state index is 13.5. The summed E-state index contributed by atoms with van der Waals surface area (Å²) in [6, 6.07) is 2.16. The molecule has 118 valence electrons. The van der Waals surface area contributed by atoms with Gasteiger partial charge in [-0.05, 0) is 6.07 Å². The van der Waals surface area contributed by atoms with Crippen molar-refractivity contribution in [2.45, 2.75) is 12.5 Å². The molecule has 7 nitrogen and oxygen atoms in total. The van der Waals surface area contributed by atoms with Crippen LogP contribution in [0.2, 0.25) is 0 Å². The Morgan fingerprint density at radius 2 is 2.05 bits per heavy atom. The van der Waals surface area contributed by atoms with Gasteiger partial charge in [0.05, 0.1) is 16.6 Å². The molecule has 1 heterocycles. The third kappa shape index (κ3) is 3.13. The number of rotatable bonds is 4. The van der Waals surface area contributed by atoms with Gasteiger partial charge >= 0.3 is 5.69 Å². The fraction of sp³-hybridized carbons (Fsp3) is 0.462. The second-order valence-electron chi connectivity index (χ2n) is 4.87. The number of hydrogen-bond donors (Lipinski definition) is 2. The van der Waals surface area contributed by atoms with Crippen LogP contribution in [-0.4, -0.2) is 47.5 Å². The van der Waals surface area contributed by atoms with E-state index in [1.165, 1.54) is 4.90 Å². The fourth-order valence-corrected chi connectivity index (χ4v) is 2.52. The van der Waals surface area contributed by atoms with Crippen LogP contribution in [0.15, 0.2) is 12.1 Å². The second-order valence-corrected chi connectivity index (χ2v) is 4.87. The lowest BCUT2D eigenvalue weighted by Gasteiger charge is -2.34. The standard InChI is InChI=1S/C13H14F2N4O3/c14-13(15)11(18-3-1-17-2-4-18)9-5-8(7-16)6-10(12(9)20)19(21)22/h5-6,11,13,17,20H,1-4H2/t11-/m0/s1. The summed E-state index contributed by atoms with van der Waals surface area (Å²) in [6.07, 6.45) is -2.85. The lowest BCUT2D eigenvalue weighted by Crippen LogP contribution is -2.47. The molecule has 1 aliphatic rings. The first-order valence-corrected chi connectivity index (χ1v) is 6.60. The summed E-state index contributed by atoms with van der Waals surface area (Å²) < 4.78 is 27.0. The molecule has 1 aliphatic heterocycles. The van der Waals surface area contributed by atoms with Crippen molar-refractivity contribution >= 4 is 5.69 Å². The Labute approximate surface area is 124 Å². The highest BCUT2D eigenvalue weighted by Gasteiger charge is 2.35. The molecule has 1 aromatic carbocycles. The van der Waals surface area contributed by atoms with E-state index >= 15 is 0 Å². The Morgan fingerprint density at radius 1 is 1.41 bits per heavy atom. The third-order valence-corrected chi connectivity index (χ3v) is 3.55. The van der Waals surface area contributed by atoms with Gasteiger partial charge in [-0.2, -0.15) is 5.26 Å². The molecule has 1 aromatic rings. The number of benzene rings is 1. The first-order valence-electron chi connectivity index (χ1n) is 6.60. The van der Waals surface area contributed by atoms with Crippen LogP contribution in [0.1, 0.15) is 17.2 Å². The lowest BCUT2D eigenvalue weighted by molar-refractivity contribution is -0.386. The first-order chi connectivity index (χ1) is 10.5. The number of nitriles is 1. The highest BCUT2D eigenvalue weighted by molar-refractivity contribution is 5.57. The smallest absolute Gasteiger partial charge is 0.312 e. The number of hydrogen-bond acceptors (Lipinski definition) is 6. The molecule has 0 aliphatic carbocycles. The van der Waals surface area contributed by atoms with E-state index in [0.717, 1.165) is 12.1 Å². The van der Waals surface area contributed by atoms with Crippen LogP contribution >= 0.6 is 0 Å². The van der Waals surface area contributed by atoms with Crippen LogP contribution in [-0.2, 0) is 0 Å². The van der Waals surface area contributed by atoms with Gasteiger partial charge < -0.3 is 10.4 Å². The van der Waals surface area contributed by atoms with Crippen molar-refractivity contribution in [1.29, 1.82) is 5.26 Å². The molecule has 1 saturated heterocycles. The molecule has 0 spiro atoms. The number of nitrogens with one attached hydrogen (secondary N) is 1. The highest BCUT2D eigenvalue weighted by atomic mass is 19.3. The van der Waals surface area contributed by atoms with Gasteiger partial charge in [-0.25, -0.2) is 8.78 Å². The summed E-state index contributed by atoms with van der Waals surface area (Å²) in [5.74, 6) is -0.812. The van der Waals surface area contributed by atoms with Crippen molar-refractivity contribution in [3.8, 4) is 11.8 Å². The molecule has 0 aromatic heterocycles. The lowest BCUT2D eigenvalue weighted by atomic mass is 10.00. The van der Waals surface area contributed by atoms with Crippen molar-refractivity contribution in [3.63, 3.8) is 0 Å². The third-order valence-electron chi connectivity index (χ3n) is 3.55. The van der Waals surface area contributed by atoms with E-state index in [-0.39, 0.29) is 11.1 Å². The number of nitro benzene ring substituents is 1. The zero-order chi connectivity index (χ0) is 16.3. The van der Waals surface area contributed by atoms with E-state index in [1.54, 1.807) is 6.07 Å². The molecule has 1 atom stereocenters. The highest BCUT2D eigenvalue weighted by Crippen LogP contribution is 2.39. The largest absolute Gasteiger partial charge is 0.502 e. The van der Waals surface area contributed by atoms with Crippen LogP contribution in [0.4, 0.5) is 14.5 Å². The van der Waals surface area contributed by atoms with Gasteiger partial charge in [-0.3, -0.25) is 15.0 Å². The Bertz CT molecular complexity index is 612. The Morgan fingerprint density at radius 3 is 2.55 bits per heavy atom. The molecule has 1 fully saturated rings. The molecule has 0 saturated carbocycles. The quantitative estimate of drug-likeness (QED) is 0.643. The minimum absolute atomic E-state index is 0.139. The second kappa shape index (κ2) is 6.64. The molecule has 9 heteroatoms. The van der Waals surface area contributed by atoms with Crippen LogP contribution < -0.4 is 5.32 Å². The summed E-state index contributed by atoms with van der Waals surface area (Å²) in [4.78, 5) is 11.5. The van der Waals surface area contributed by atoms with Gasteiger partial charge in [-0.15, -0.1) is 0 Å². The van der Waals surface area contributed by atoms with Gasteiger partial charge in [0, 0.05) is 37.8 Å². The number of piperazine rings is 1. The number of phenolic OH excluding ortho intramolecular Hbond substituents is 1. The van der Waals surface area contributed by atoms with E-state index in [1.807, 2.05) is 0 Å². The number of nitrogens with zero attached hydrogens (tertiary/aromatic N) is 3. The average molecular weight is 312 g/mol. The van der Waals surface area contributed by atoms with Crippen LogP contribution in [0.3, 0.4) is 0 Å². The maximum Gasteiger partial charge on any atom is 0.312 e. The maximum atomic E-state index is 13.5. The predicted octanol–water partition coefficient (Wildman–Crippen LogP) is 1.38. The molecule has 22 heavy (non-hydrogen) atoms. The van der Waals surface area contributed by atoms with E-state index < -0.39 is 28.8 Å². The summed E-state index contributed by atoms with van der Waals surface area (Å²) in [6.45, 7) is 1.64. The van der Waals surface area contributed by atoms with Gasteiger partial charge in [0.15, 0.2) is 5.75 Å². The SMILES string of the molecule is N#Cc1cc([C@@H](C(F)F)N2CCNCC2)c(O)c([N+](=O)[O-])c1. The van der Waals surface area contributed by atoms with Gasteiger partial charge in [0.1, 0.15) is 6.04 Å². The van der Waals surface area contributed by atoms with Gasteiger partial charge in [-0.1, -0.05) is 0 Å². The molecule has 2 N–H and O–H groups in total. The monoisotopic (exact) mass is 312 g/mol. The zero-order valence-corrected chi connectivity index (χ0v) is 11.5. The molecule has 0 radical (unpaired) electrons. The summed E-state index contributed by atoms with van der Waals surface area (Å²) >= 11 is 0. The number of nitro groups is 1. The molecule has 0 unspecified atom stereocenters. The first kappa shape index (κ1) is 16.1. The predicted molar refractivity (Wildman–Crippen MR) is 72.7 cm³/mol. The number of halogens is 2. The Kier molecular flexibility index (Phi) is 4.85. The Balaban J connectivity index is 2.53. The zero-order valence-electron chi connectivity index (χ0n) is 11.5. The van der Waals surface area contributed by atoms with Crippen molar-refractivity contribution in [2.75, 3.05) is 26.2 Å². The molecule has 2 rings (SSSR count). The minimum Gasteiger partial charge on any atom is -0.502 e. The van der Waals surface area contributed by atoms with Gasteiger partial charge in [0.2, 0.25) is 0 Å².